The van der Waals surface area contributed by atoms with Crippen LogP contribution in [0.5, 0.6) is 5.75 Å². The van der Waals surface area contributed by atoms with E-state index in [1.54, 1.807) is 31.4 Å². The number of benzene rings is 1. The molecule has 0 bridgehead atoms. The quantitative estimate of drug-likeness (QED) is 0.930. The van der Waals surface area contributed by atoms with Crippen LogP contribution in [0.2, 0.25) is 10.0 Å². The summed E-state index contributed by atoms with van der Waals surface area (Å²) < 4.78 is 6.57. The van der Waals surface area contributed by atoms with E-state index in [0.717, 1.165) is 0 Å². The molecule has 0 radical (unpaired) electrons. The van der Waals surface area contributed by atoms with Crippen LogP contribution >= 0.6 is 23.2 Å². The van der Waals surface area contributed by atoms with E-state index in [4.69, 9.17) is 27.9 Å². The van der Waals surface area contributed by atoms with Gasteiger partial charge in [0.2, 0.25) is 0 Å². The zero-order chi connectivity index (χ0) is 16.3. The third kappa shape index (κ3) is 3.26. The lowest BCUT2D eigenvalue weighted by atomic mass is 10.1. The fourth-order valence-electron chi connectivity index (χ4n) is 2.00. The van der Waals surface area contributed by atoms with E-state index in [0.29, 0.717) is 5.56 Å². The van der Waals surface area contributed by atoms with Crippen LogP contribution in [0.3, 0.4) is 0 Å². The number of hydrogen-bond acceptors (Lipinski definition) is 3. The van der Waals surface area contributed by atoms with Gasteiger partial charge in [0.1, 0.15) is 5.56 Å². The molecule has 0 atom stereocenters. The number of aromatic nitrogens is 1. The Balaban J connectivity index is 2.25. The van der Waals surface area contributed by atoms with Crippen LogP contribution in [0.1, 0.15) is 15.9 Å². The van der Waals surface area contributed by atoms with Gasteiger partial charge in [-0.2, -0.15) is 0 Å². The molecule has 1 heterocycles. The number of aryl methyl sites for hydroxylation is 1. The Bertz CT molecular complexity index is 772. The fourth-order valence-corrected chi connectivity index (χ4v) is 2.47. The van der Waals surface area contributed by atoms with E-state index < -0.39 is 5.91 Å². The number of ether oxygens (including phenoxy) is 1. The van der Waals surface area contributed by atoms with Gasteiger partial charge >= 0.3 is 0 Å². The third-order valence-electron chi connectivity index (χ3n) is 3.13. The van der Waals surface area contributed by atoms with E-state index in [9.17, 15) is 9.59 Å². The van der Waals surface area contributed by atoms with Gasteiger partial charge in [0.25, 0.3) is 11.5 Å². The summed E-state index contributed by atoms with van der Waals surface area (Å²) >= 11 is 12.0. The second-order valence-corrected chi connectivity index (χ2v) is 5.38. The van der Waals surface area contributed by atoms with Crippen LogP contribution < -0.4 is 15.6 Å². The maximum Gasteiger partial charge on any atom is 0.256 e. The van der Waals surface area contributed by atoms with Gasteiger partial charge in [-0.25, -0.2) is 0 Å². The molecule has 2 rings (SSSR count). The summed E-state index contributed by atoms with van der Waals surface area (Å²) in [6.45, 7) is 0.0817. The van der Waals surface area contributed by atoms with Gasteiger partial charge in [-0.3, -0.25) is 9.59 Å². The molecule has 1 N–H and O–H groups in total. The second-order valence-electron chi connectivity index (χ2n) is 4.57. The van der Waals surface area contributed by atoms with Gasteiger partial charge in [-0.05, 0) is 18.2 Å². The molecule has 1 amide bonds. The van der Waals surface area contributed by atoms with Gasteiger partial charge < -0.3 is 14.6 Å². The van der Waals surface area contributed by atoms with Crippen LogP contribution in [0, 0.1) is 0 Å². The number of carbonyl (C=O) groups is 1. The lowest BCUT2D eigenvalue weighted by Crippen LogP contribution is -2.29. The van der Waals surface area contributed by atoms with Gasteiger partial charge in [-0.1, -0.05) is 29.3 Å². The molecule has 0 spiro atoms. The van der Waals surface area contributed by atoms with E-state index in [-0.39, 0.29) is 33.5 Å². The van der Waals surface area contributed by atoms with Crippen molar-refractivity contribution in [2.75, 3.05) is 7.11 Å². The molecule has 0 fully saturated rings. The highest BCUT2D eigenvalue weighted by Crippen LogP contribution is 2.33. The normalized spacial score (nSPS) is 10.4. The molecule has 22 heavy (non-hydrogen) atoms. The largest absolute Gasteiger partial charge is 0.494 e. The van der Waals surface area contributed by atoms with Crippen molar-refractivity contribution in [3.05, 3.63) is 62.0 Å². The van der Waals surface area contributed by atoms with Crippen molar-refractivity contribution in [1.82, 2.24) is 9.88 Å². The van der Waals surface area contributed by atoms with Crippen molar-refractivity contribution in [2.45, 2.75) is 6.54 Å². The average Bonchev–Trinajstić information content (AvgIpc) is 2.50. The number of nitrogens with one attached hydrogen (secondary N) is 1. The first-order valence-corrected chi connectivity index (χ1v) is 7.16. The molecule has 0 aliphatic heterocycles. The topological polar surface area (TPSA) is 60.3 Å². The highest BCUT2D eigenvalue weighted by Gasteiger charge is 2.19. The highest BCUT2D eigenvalue weighted by molar-refractivity contribution is 6.37. The zero-order valence-electron chi connectivity index (χ0n) is 12.0. The van der Waals surface area contributed by atoms with Crippen LogP contribution in [-0.4, -0.2) is 17.6 Å². The van der Waals surface area contributed by atoms with Crippen molar-refractivity contribution in [3.63, 3.8) is 0 Å². The summed E-state index contributed by atoms with van der Waals surface area (Å²) in [6, 6.07) is 6.45. The first-order chi connectivity index (χ1) is 10.5. The molecule has 2 aromatic rings. The Morgan fingerprint density at radius 3 is 2.64 bits per heavy atom. The Morgan fingerprint density at radius 1 is 1.27 bits per heavy atom. The number of hydrogen-bond donors (Lipinski definition) is 1. The Labute approximate surface area is 137 Å². The Hall–Kier alpha value is -1.98. The summed E-state index contributed by atoms with van der Waals surface area (Å²) in [5, 5.41) is 3.16. The van der Waals surface area contributed by atoms with Gasteiger partial charge in [-0.15, -0.1) is 0 Å². The smallest absolute Gasteiger partial charge is 0.256 e. The highest BCUT2D eigenvalue weighted by atomic mass is 35.5. The molecule has 0 aliphatic carbocycles. The van der Waals surface area contributed by atoms with Crippen LogP contribution in [-0.2, 0) is 13.6 Å². The van der Waals surface area contributed by atoms with Gasteiger partial charge in [0.15, 0.2) is 5.75 Å². The molecule has 0 unspecified atom stereocenters. The Morgan fingerprint density at radius 2 is 1.95 bits per heavy atom. The van der Waals surface area contributed by atoms with E-state index in [2.05, 4.69) is 5.32 Å². The Kier molecular flexibility index (Phi) is 5.11. The first-order valence-electron chi connectivity index (χ1n) is 6.40. The van der Waals surface area contributed by atoms with E-state index >= 15 is 0 Å². The molecule has 1 aromatic carbocycles. The minimum absolute atomic E-state index is 0.0817. The standard InChI is InChI=1S/C15H14Cl2N2O3/c1-19-7-3-4-9(15(19)21)8-18-14(20)12-10(16)5-6-11(17)13(12)22-2/h3-7H,8H2,1-2H3,(H,18,20). The average molecular weight is 341 g/mol. The van der Waals surface area contributed by atoms with Crippen LogP contribution in [0.25, 0.3) is 0 Å². The van der Waals surface area contributed by atoms with Crippen molar-refractivity contribution in [1.29, 1.82) is 0 Å². The minimum Gasteiger partial charge on any atom is -0.494 e. The number of amides is 1. The summed E-state index contributed by atoms with van der Waals surface area (Å²) in [5.74, 6) is -0.261. The predicted octanol–water partition coefficient (Wildman–Crippen LogP) is 2.63. The zero-order valence-corrected chi connectivity index (χ0v) is 13.5. The lowest BCUT2D eigenvalue weighted by molar-refractivity contribution is 0.0948. The molecule has 5 nitrogen and oxygen atoms in total. The molecular weight excluding hydrogens is 327 g/mol. The third-order valence-corrected chi connectivity index (χ3v) is 3.74. The number of rotatable bonds is 4. The van der Waals surface area contributed by atoms with Crippen molar-refractivity contribution in [3.8, 4) is 5.75 Å². The summed E-state index contributed by atoms with van der Waals surface area (Å²) in [5.41, 5.74) is 0.437. The molecule has 0 aliphatic rings. The summed E-state index contributed by atoms with van der Waals surface area (Å²) in [4.78, 5) is 24.2. The lowest BCUT2D eigenvalue weighted by Gasteiger charge is -2.12. The number of nitrogens with zero attached hydrogens (tertiary/aromatic N) is 1. The number of carbonyl (C=O) groups excluding carboxylic acids is 1. The fraction of sp³-hybridized carbons (Fsp3) is 0.200. The molecule has 7 heteroatoms. The van der Waals surface area contributed by atoms with Crippen LogP contribution in [0.15, 0.2) is 35.3 Å². The number of pyridine rings is 1. The maximum atomic E-state index is 12.3. The SMILES string of the molecule is COc1c(Cl)ccc(Cl)c1C(=O)NCc1cccn(C)c1=O. The summed E-state index contributed by atoms with van der Waals surface area (Å²) in [6.07, 6.45) is 1.64. The second kappa shape index (κ2) is 6.85. The molecule has 1 aromatic heterocycles. The van der Waals surface area contributed by atoms with Crippen molar-refractivity contribution < 1.29 is 9.53 Å². The van der Waals surface area contributed by atoms with Gasteiger partial charge in [0.05, 0.1) is 17.2 Å². The first kappa shape index (κ1) is 16.4. The molecule has 116 valence electrons. The molecular formula is C15H14Cl2N2O3. The van der Waals surface area contributed by atoms with Crippen LogP contribution in [0.4, 0.5) is 0 Å². The van der Waals surface area contributed by atoms with E-state index in [1.807, 2.05) is 0 Å². The molecule has 0 saturated carbocycles. The minimum atomic E-state index is -0.463. The number of methoxy groups -OCH3 is 1. The maximum absolute atomic E-state index is 12.3. The number of halogens is 2. The molecule has 0 saturated heterocycles. The van der Waals surface area contributed by atoms with Crippen molar-refractivity contribution in [2.24, 2.45) is 7.05 Å². The predicted molar refractivity (Wildman–Crippen MR) is 85.9 cm³/mol. The van der Waals surface area contributed by atoms with Crippen molar-refractivity contribution >= 4 is 29.1 Å². The van der Waals surface area contributed by atoms with Gasteiger partial charge in [0, 0.05) is 25.4 Å². The summed E-state index contributed by atoms with van der Waals surface area (Å²) in [7, 11) is 3.05. The van der Waals surface area contributed by atoms with E-state index in [1.165, 1.54) is 17.7 Å². The monoisotopic (exact) mass is 340 g/mol.